The molecule has 0 bridgehead atoms. The molecule has 0 aliphatic heterocycles. The van der Waals surface area contributed by atoms with Gasteiger partial charge in [0.25, 0.3) is 0 Å². The summed E-state index contributed by atoms with van der Waals surface area (Å²) in [5.41, 5.74) is 0. The van der Waals surface area contributed by atoms with Gasteiger partial charge in [0.05, 0.1) is 6.61 Å². The van der Waals surface area contributed by atoms with Crippen LogP contribution in [-0.4, -0.2) is 34.9 Å². The van der Waals surface area contributed by atoms with Crippen molar-refractivity contribution in [3.8, 4) is 0 Å². The number of rotatable bonds is 17. The Morgan fingerprint density at radius 2 is 1.34 bits per heavy atom. The van der Waals surface area contributed by atoms with Crippen molar-refractivity contribution in [2.45, 2.75) is 110 Å². The molecule has 0 heterocycles. The Morgan fingerprint density at radius 3 is 1.83 bits per heavy atom. The van der Waals surface area contributed by atoms with Crippen LogP contribution in [0.25, 0.3) is 0 Å². The molecule has 0 radical (unpaired) electrons. The number of esters is 2. The van der Waals surface area contributed by atoms with Crippen LogP contribution >= 0.6 is 0 Å². The molecule has 0 rings (SSSR count). The van der Waals surface area contributed by atoms with Gasteiger partial charge in [-0.1, -0.05) is 76.5 Å². The molecule has 1 atom stereocenters. The maximum absolute atomic E-state index is 11.4. The molecule has 0 aliphatic carbocycles. The average Bonchev–Trinajstić information content (AvgIpc) is 2.70. The first-order chi connectivity index (χ1) is 14.0. The highest BCUT2D eigenvalue weighted by Crippen LogP contribution is 2.10. The summed E-state index contributed by atoms with van der Waals surface area (Å²) < 4.78 is 4.43. The zero-order valence-electron chi connectivity index (χ0n) is 18.7. The van der Waals surface area contributed by atoms with Gasteiger partial charge in [-0.2, -0.15) is 0 Å². The van der Waals surface area contributed by atoms with Gasteiger partial charge in [-0.25, -0.2) is 4.79 Å². The SMILES string of the molecule is C=CC.CCCCCCCC/C=C\CCCCCCCC(=O)OC(=O)C(O)CO. The fourth-order valence-corrected chi connectivity index (χ4v) is 2.65. The van der Waals surface area contributed by atoms with Crippen LogP contribution in [0, 0.1) is 0 Å². The van der Waals surface area contributed by atoms with Crippen molar-refractivity contribution in [3.63, 3.8) is 0 Å². The van der Waals surface area contributed by atoms with E-state index in [1.54, 1.807) is 6.08 Å². The van der Waals surface area contributed by atoms with Crippen LogP contribution in [0.2, 0.25) is 0 Å². The van der Waals surface area contributed by atoms with E-state index in [1.165, 1.54) is 51.4 Å². The van der Waals surface area contributed by atoms with E-state index in [0.717, 1.165) is 25.7 Å². The van der Waals surface area contributed by atoms with E-state index in [4.69, 9.17) is 10.2 Å². The molecule has 0 fully saturated rings. The maximum Gasteiger partial charge on any atom is 0.345 e. The van der Waals surface area contributed by atoms with E-state index in [1.807, 2.05) is 6.92 Å². The van der Waals surface area contributed by atoms with Gasteiger partial charge in [-0.3, -0.25) is 4.79 Å². The third-order valence-corrected chi connectivity index (χ3v) is 4.30. The smallest absolute Gasteiger partial charge is 0.345 e. The molecular formula is C24H44O5. The summed E-state index contributed by atoms with van der Waals surface area (Å²) in [7, 11) is 0. The minimum atomic E-state index is -1.63. The summed E-state index contributed by atoms with van der Waals surface area (Å²) in [5.74, 6) is -1.72. The molecule has 0 saturated heterocycles. The molecule has 2 N–H and O–H groups in total. The van der Waals surface area contributed by atoms with E-state index in [-0.39, 0.29) is 6.42 Å². The Hall–Kier alpha value is -1.46. The molecule has 0 amide bonds. The quantitative estimate of drug-likeness (QED) is 0.140. The van der Waals surface area contributed by atoms with Crippen molar-refractivity contribution in [2.24, 2.45) is 0 Å². The van der Waals surface area contributed by atoms with Crippen LogP contribution < -0.4 is 0 Å². The van der Waals surface area contributed by atoms with Crippen LogP contribution in [0.1, 0.15) is 104 Å². The van der Waals surface area contributed by atoms with Gasteiger partial charge < -0.3 is 14.9 Å². The third-order valence-electron chi connectivity index (χ3n) is 4.30. The van der Waals surface area contributed by atoms with E-state index < -0.39 is 24.6 Å². The van der Waals surface area contributed by atoms with E-state index in [0.29, 0.717) is 6.42 Å². The predicted molar refractivity (Wildman–Crippen MR) is 120 cm³/mol. The number of hydrogen-bond acceptors (Lipinski definition) is 5. The summed E-state index contributed by atoms with van der Waals surface area (Å²) in [6.45, 7) is 6.76. The standard InChI is InChI=1S/C21H38O5.C3H6/c1-2-3-4-5-6-7-8-9-10-11-12-13-14-15-16-17-20(24)26-21(25)19(23)18-22;1-3-2/h9-10,19,22-23H,2-8,11-18H2,1H3;3H,1H2,2H3/b10-9-;. The summed E-state index contributed by atoms with van der Waals surface area (Å²) in [6, 6.07) is 0. The lowest BCUT2D eigenvalue weighted by molar-refractivity contribution is -0.167. The Labute approximate surface area is 178 Å². The number of allylic oxidation sites excluding steroid dienone is 3. The molecule has 0 aromatic heterocycles. The zero-order chi connectivity index (χ0) is 22.2. The third kappa shape index (κ3) is 24.5. The van der Waals surface area contributed by atoms with Crippen molar-refractivity contribution in [1.29, 1.82) is 0 Å². The molecule has 29 heavy (non-hydrogen) atoms. The molecule has 5 heteroatoms. The fourth-order valence-electron chi connectivity index (χ4n) is 2.65. The molecule has 0 spiro atoms. The Kier molecular flexibility index (Phi) is 25.2. The molecule has 0 aliphatic rings. The molecule has 0 saturated carbocycles. The van der Waals surface area contributed by atoms with Gasteiger partial charge in [-0.15, -0.1) is 6.58 Å². The predicted octanol–water partition coefficient (Wildman–Crippen LogP) is 5.64. The number of ether oxygens (including phenoxy) is 1. The van der Waals surface area contributed by atoms with Gasteiger partial charge >= 0.3 is 11.9 Å². The number of unbranched alkanes of at least 4 members (excludes halogenated alkanes) is 11. The summed E-state index contributed by atoms with van der Waals surface area (Å²) in [5, 5.41) is 17.6. The summed E-state index contributed by atoms with van der Waals surface area (Å²) >= 11 is 0. The highest BCUT2D eigenvalue weighted by atomic mass is 16.6. The minimum Gasteiger partial charge on any atom is -0.393 e. The monoisotopic (exact) mass is 412 g/mol. The second-order valence-electron chi connectivity index (χ2n) is 7.23. The van der Waals surface area contributed by atoms with Gasteiger partial charge in [0.1, 0.15) is 0 Å². The van der Waals surface area contributed by atoms with Gasteiger partial charge in [0, 0.05) is 6.42 Å². The lowest BCUT2D eigenvalue weighted by Gasteiger charge is -2.06. The number of hydrogen-bond donors (Lipinski definition) is 2. The van der Waals surface area contributed by atoms with E-state index in [9.17, 15) is 9.59 Å². The first-order valence-electron chi connectivity index (χ1n) is 11.3. The molecular weight excluding hydrogens is 368 g/mol. The van der Waals surface area contributed by atoms with Gasteiger partial charge in [0.15, 0.2) is 6.10 Å². The Balaban J connectivity index is 0. The van der Waals surface area contributed by atoms with Crippen LogP contribution in [0.3, 0.4) is 0 Å². The van der Waals surface area contributed by atoms with E-state index >= 15 is 0 Å². The lowest BCUT2D eigenvalue weighted by atomic mass is 10.1. The van der Waals surface area contributed by atoms with Crippen molar-refractivity contribution in [3.05, 3.63) is 24.8 Å². The maximum atomic E-state index is 11.4. The van der Waals surface area contributed by atoms with Gasteiger partial charge in [0.2, 0.25) is 0 Å². The zero-order valence-corrected chi connectivity index (χ0v) is 18.7. The molecule has 5 nitrogen and oxygen atoms in total. The first-order valence-corrected chi connectivity index (χ1v) is 11.3. The summed E-state index contributed by atoms with van der Waals surface area (Å²) in [4.78, 5) is 22.4. The average molecular weight is 413 g/mol. The van der Waals surface area contributed by atoms with Crippen molar-refractivity contribution in [2.75, 3.05) is 6.61 Å². The molecule has 170 valence electrons. The first kappa shape index (κ1) is 29.7. The normalized spacial score (nSPS) is 11.6. The van der Waals surface area contributed by atoms with Crippen molar-refractivity contribution in [1.82, 2.24) is 0 Å². The molecule has 0 aromatic carbocycles. The van der Waals surface area contributed by atoms with Crippen LogP contribution in [-0.2, 0) is 14.3 Å². The molecule has 1 unspecified atom stereocenters. The fraction of sp³-hybridized carbons (Fsp3) is 0.750. The van der Waals surface area contributed by atoms with Crippen LogP contribution in [0.15, 0.2) is 24.8 Å². The highest BCUT2D eigenvalue weighted by molar-refractivity contribution is 5.87. The minimum absolute atomic E-state index is 0.169. The number of carbonyl (C=O) groups excluding carboxylic acids is 2. The number of carbonyl (C=O) groups is 2. The largest absolute Gasteiger partial charge is 0.393 e. The van der Waals surface area contributed by atoms with Gasteiger partial charge in [-0.05, 0) is 39.0 Å². The van der Waals surface area contributed by atoms with E-state index in [2.05, 4.69) is 30.4 Å². The summed E-state index contributed by atoms with van der Waals surface area (Å²) in [6.07, 6.45) is 20.2. The number of aliphatic hydroxyl groups is 2. The number of aliphatic hydroxyl groups excluding tert-OH is 2. The van der Waals surface area contributed by atoms with Crippen molar-refractivity contribution >= 4 is 11.9 Å². The second kappa shape index (κ2) is 24.6. The van der Waals surface area contributed by atoms with Crippen molar-refractivity contribution < 1.29 is 24.5 Å². The van der Waals surface area contributed by atoms with Crippen LogP contribution in [0.5, 0.6) is 0 Å². The lowest BCUT2D eigenvalue weighted by Crippen LogP contribution is -2.28. The molecule has 0 aromatic rings. The Bertz CT molecular complexity index is 417. The van der Waals surface area contributed by atoms with Crippen LogP contribution in [0.4, 0.5) is 0 Å². The second-order valence-corrected chi connectivity index (χ2v) is 7.23. The Morgan fingerprint density at radius 1 is 0.897 bits per heavy atom. The highest BCUT2D eigenvalue weighted by Gasteiger charge is 2.18. The topological polar surface area (TPSA) is 83.8 Å².